The molecule has 0 bridgehead atoms. The van der Waals surface area contributed by atoms with E-state index in [2.05, 4.69) is 25.6 Å². The first-order valence-corrected chi connectivity index (χ1v) is 12.8. The van der Waals surface area contributed by atoms with Gasteiger partial charge in [0.25, 0.3) is 0 Å². The first kappa shape index (κ1) is 26.1. The standard InChI is InChI=1S/C30H31N5O4/c1-30(2,3)39-29(37)24-12-11-18(14-32-24)19-7-6-8-20(26(19)38-5)22-15-34-27(31-4)23-16-33-25(13-21(22)23)35-28(36)17-9-10-17/h6-8,11-17H,9-10H2,1-5H3,(H,31,34)(H,33,35,36). The topological polar surface area (TPSA) is 115 Å². The summed E-state index contributed by atoms with van der Waals surface area (Å²) < 4.78 is 11.4. The number of anilines is 2. The number of fused-ring (bicyclic) bond motifs is 1. The second-order valence-corrected chi connectivity index (χ2v) is 10.5. The minimum Gasteiger partial charge on any atom is -0.495 e. The Labute approximate surface area is 227 Å². The summed E-state index contributed by atoms with van der Waals surface area (Å²) in [6, 6.07) is 11.2. The fourth-order valence-electron chi connectivity index (χ4n) is 4.39. The number of nitrogens with one attached hydrogen (secondary N) is 2. The smallest absolute Gasteiger partial charge is 0.357 e. The molecule has 1 aliphatic rings. The summed E-state index contributed by atoms with van der Waals surface area (Å²) >= 11 is 0. The van der Waals surface area contributed by atoms with E-state index in [1.807, 2.05) is 51.1 Å². The molecule has 0 unspecified atom stereocenters. The number of methoxy groups -OCH3 is 1. The van der Waals surface area contributed by atoms with Crippen molar-refractivity contribution in [1.29, 1.82) is 0 Å². The molecule has 200 valence electrons. The molecule has 1 aromatic carbocycles. The molecule has 0 atom stereocenters. The Hall–Kier alpha value is -4.53. The van der Waals surface area contributed by atoms with Crippen molar-refractivity contribution in [2.45, 2.75) is 39.2 Å². The molecule has 0 spiro atoms. The van der Waals surface area contributed by atoms with E-state index in [-0.39, 0.29) is 17.5 Å². The highest BCUT2D eigenvalue weighted by atomic mass is 16.6. The number of hydrogen-bond acceptors (Lipinski definition) is 8. The summed E-state index contributed by atoms with van der Waals surface area (Å²) in [6.45, 7) is 5.45. The lowest BCUT2D eigenvalue weighted by molar-refractivity contribution is -0.117. The zero-order chi connectivity index (χ0) is 27.7. The van der Waals surface area contributed by atoms with Gasteiger partial charge in [0.1, 0.15) is 28.7 Å². The number of carbonyl (C=O) groups excluding carboxylic acids is 2. The van der Waals surface area contributed by atoms with E-state index in [9.17, 15) is 9.59 Å². The van der Waals surface area contributed by atoms with Crippen LogP contribution in [0.3, 0.4) is 0 Å². The van der Waals surface area contributed by atoms with Crippen LogP contribution in [-0.4, -0.2) is 46.6 Å². The first-order chi connectivity index (χ1) is 18.7. The van der Waals surface area contributed by atoms with Gasteiger partial charge in [-0.15, -0.1) is 0 Å². The quantitative estimate of drug-likeness (QED) is 0.295. The minimum atomic E-state index is -0.606. The van der Waals surface area contributed by atoms with Crippen LogP contribution in [0, 0.1) is 5.92 Å². The number of aromatic nitrogens is 3. The largest absolute Gasteiger partial charge is 0.495 e. The van der Waals surface area contributed by atoms with Crippen molar-refractivity contribution in [1.82, 2.24) is 15.0 Å². The SMILES string of the molecule is CNc1ncc(-c2cccc(-c3ccc(C(=O)OC(C)(C)C)nc3)c2OC)c2cc(NC(=O)C3CC3)ncc12. The van der Waals surface area contributed by atoms with E-state index in [4.69, 9.17) is 9.47 Å². The third-order valence-corrected chi connectivity index (χ3v) is 6.40. The molecule has 3 aromatic heterocycles. The van der Waals surface area contributed by atoms with Crippen molar-refractivity contribution in [3.05, 3.63) is 60.7 Å². The van der Waals surface area contributed by atoms with Gasteiger partial charge in [0, 0.05) is 64.6 Å². The van der Waals surface area contributed by atoms with Gasteiger partial charge in [-0.1, -0.05) is 24.3 Å². The van der Waals surface area contributed by atoms with E-state index in [1.165, 1.54) is 0 Å². The average molecular weight is 526 g/mol. The Balaban J connectivity index is 1.57. The molecule has 9 nitrogen and oxygen atoms in total. The molecule has 0 aliphatic heterocycles. The second-order valence-electron chi connectivity index (χ2n) is 10.5. The Bertz CT molecular complexity index is 1560. The zero-order valence-corrected chi connectivity index (χ0v) is 22.7. The van der Waals surface area contributed by atoms with Gasteiger partial charge in [0.2, 0.25) is 5.91 Å². The van der Waals surface area contributed by atoms with Gasteiger partial charge in [-0.2, -0.15) is 0 Å². The van der Waals surface area contributed by atoms with Crippen LogP contribution in [0.5, 0.6) is 5.75 Å². The van der Waals surface area contributed by atoms with E-state index in [0.717, 1.165) is 45.9 Å². The van der Waals surface area contributed by atoms with Crippen LogP contribution >= 0.6 is 0 Å². The van der Waals surface area contributed by atoms with Gasteiger partial charge in [-0.3, -0.25) is 4.79 Å². The molecular formula is C30H31N5O4. The van der Waals surface area contributed by atoms with Crippen LogP contribution in [0.25, 0.3) is 33.0 Å². The fourth-order valence-corrected chi connectivity index (χ4v) is 4.39. The minimum absolute atomic E-state index is 0.00629. The summed E-state index contributed by atoms with van der Waals surface area (Å²) in [4.78, 5) is 38.2. The van der Waals surface area contributed by atoms with Crippen LogP contribution in [0.2, 0.25) is 0 Å². The Kier molecular flexibility index (Phi) is 6.91. The first-order valence-electron chi connectivity index (χ1n) is 12.8. The summed E-state index contributed by atoms with van der Waals surface area (Å²) in [7, 11) is 3.42. The maximum Gasteiger partial charge on any atom is 0.357 e. The van der Waals surface area contributed by atoms with Crippen LogP contribution in [0.15, 0.2) is 55.0 Å². The second kappa shape index (κ2) is 10.3. The molecular weight excluding hydrogens is 494 g/mol. The molecule has 1 saturated carbocycles. The monoisotopic (exact) mass is 525 g/mol. The molecule has 0 radical (unpaired) electrons. The average Bonchev–Trinajstić information content (AvgIpc) is 3.77. The number of benzene rings is 1. The molecule has 0 saturated heterocycles. The number of ether oxygens (including phenoxy) is 2. The van der Waals surface area contributed by atoms with Gasteiger partial charge in [0.15, 0.2) is 0 Å². The van der Waals surface area contributed by atoms with Crippen molar-refractivity contribution in [3.63, 3.8) is 0 Å². The van der Waals surface area contributed by atoms with Crippen LogP contribution in [0.4, 0.5) is 11.6 Å². The molecule has 9 heteroatoms. The predicted octanol–water partition coefficient (Wildman–Crippen LogP) is 5.71. The Morgan fingerprint density at radius 1 is 0.923 bits per heavy atom. The highest BCUT2D eigenvalue weighted by molar-refractivity contribution is 6.05. The van der Waals surface area contributed by atoms with Crippen LogP contribution < -0.4 is 15.4 Å². The van der Waals surface area contributed by atoms with Crippen LogP contribution in [-0.2, 0) is 9.53 Å². The summed E-state index contributed by atoms with van der Waals surface area (Å²) in [5.74, 6) is 1.39. The molecule has 4 aromatic rings. The Morgan fingerprint density at radius 3 is 2.33 bits per heavy atom. The fraction of sp³-hybridized carbons (Fsp3) is 0.300. The number of pyridine rings is 3. The van der Waals surface area contributed by atoms with E-state index in [1.54, 1.807) is 38.8 Å². The van der Waals surface area contributed by atoms with E-state index in [0.29, 0.717) is 17.4 Å². The summed E-state index contributed by atoms with van der Waals surface area (Å²) in [5.41, 5.74) is 2.85. The third kappa shape index (κ3) is 5.52. The molecule has 2 N–H and O–H groups in total. The Morgan fingerprint density at radius 2 is 1.69 bits per heavy atom. The van der Waals surface area contributed by atoms with Crippen molar-refractivity contribution in [2.75, 3.05) is 24.8 Å². The van der Waals surface area contributed by atoms with Crippen molar-refractivity contribution < 1.29 is 19.1 Å². The number of esters is 1. The summed E-state index contributed by atoms with van der Waals surface area (Å²) in [5, 5.41) is 7.73. The molecule has 39 heavy (non-hydrogen) atoms. The normalized spacial score (nSPS) is 13.2. The zero-order valence-electron chi connectivity index (χ0n) is 22.7. The van der Waals surface area contributed by atoms with Crippen molar-refractivity contribution in [3.8, 4) is 28.0 Å². The van der Waals surface area contributed by atoms with E-state index >= 15 is 0 Å². The molecule has 1 aliphatic carbocycles. The number of rotatable bonds is 7. The number of para-hydroxylation sites is 1. The number of hydrogen-bond donors (Lipinski definition) is 2. The van der Waals surface area contributed by atoms with Crippen molar-refractivity contribution >= 4 is 34.3 Å². The molecule has 1 amide bonds. The van der Waals surface area contributed by atoms with Gasteiger partial charge in [-0.25, -0.2) is 19.7 Å². The number of nitrogens with zero attached hydrogens (tertiary/aromatic N) is 3. The van der Waals surface area contributed by atoms with Crippen LogP contribution in [0.1, 0.15) is 44.1 Å². The van der Waals surface area contributed by atoms with Gasteiger partial charge >= 0.3 is 5.97 Å². The lowest BCUT2D eigenvalue weighted by atomic mass is 9.96. The number of amides is 1. The highest BCUT2D eigenvalue weighted by Crippen LogP contribution is 2.42. The molecule has 3 heterocycles. The van der Waals surface area contributed by atoms with Gasteiger partial charge in [-0.05, 0) is 45.7 Å². The molecule has 1 fully saturated rings. The third-order valence-electron chi connectivity index (χ3n) is 6.40. The van der Waals surface area contributed by atoms with Gasteiger partial charge in [0.05, 0.1) is 7.11 Å². The highest BCUT2D eigenvalue weighted by Gasteiger charge is 2.30. The maximum atomic E-state index is 12.4. The predicted molar refractivity (Wildman–Crippen MR) is 151 cm³/mol. The summed E-state index contributed by atoms with van der Waals surface area (Å²) in [6.07, 6.45) is 6.96. The van der Waals surface area contributed by atoms with Gasteiger partial charge < -0.3 is 20.1 Å². The lowest BCUT2D eigenvalue weighted by Crippen LogP contribution is -2.24. The lowest BCUT2D eigenvalue weighted by Gasteiger charge is -2.19. The van der Waals surface area contributed by atoms with E-state index < -0.39 is 11.6 Å². The molecule has 5 rings (SSSR count). The maximum absolute atomic E-state index is 12.4. The van der Waals surface area contributed by atoms with Crippen molar-refractivity contribution in [2.24, 2.45) is 5.92 Å². The number of carbonyl (C=O) groups is 2.